The summed E-state index contributed by atoms with van der Waals surface area (Å²) in [5.74, 6) is -1.03. The number of aliphatic hydroxyl groups excluding tert-OH is 2. The molecule has 3 N–H and O–H groups in total. The van der Waals surface area contributed by atoms with Crippen LogP contribution in [0.25, 0.3) is 0 Å². The fourth-order valence-electron chi connectivity index (χ4n) is 5.81. The number of esters is 2. The SMILES string of the molecule is CCCCCCCC/C=C\CCCCCCCC(=O)O[C@H](CO)COP(=O)(O)OC[C@H](CO)OC(=O)CCCCCCC/C=C\CCCCCCCC. The van der Waals surface area contributed by atoms with Gasteiger partial charge in [-0.3, -0.25) is 18.6 Å². The van der Waals surface area contributed by atoms with Crippen molar-refractivity contribution in [1.29, 1.82) is 0 Å². The fourth-order valence-corrected chi connectivity index (χ4v) is 6.59. The van der Waals surface area contributed by atoms with E-state index in [4.69, 9.17) is 18.5 Å². The summed E-state index contributed by atoms with van der Waals surface area (Å²) in [6, 6.07) is 0. The number of hydrogen-bond acceptors (Lipinski definition) is 9. The minimum atomic E-state index is -4.64. The van der Waals surface area contributed by atoms with Gasteiger partial charge in [-0.15, -0.1) is 0 Å². The number of carbonyl (C=O) groups excluding carboxylic acids is 2. The van der Waals surface area contributed by atoms with Crippen molar-refractivity contribution in [2.75, 3.05) is 26.4 Å². The van der Waals surface area contributed by atoms with Crippen LogP contribution in [0.4, 0.5) is 0 Å². The number of allylic oxidation sites excluding steroid dienone is 4. The standard InChI is InChI=1S/C42H79O10P/c1-3-5-7-9-11-13-15-17-19-21-23-25-27-29-31-33-41(45)51-39(35-43)37-49-53(47,48)50-38-40(36-44)52-42(46)34-32-30-28-26-24-22-20-18-16-14-12-10-8-6-4-2/h17-20,39-40,43-44H,3-16,21-38H2,1-2H3,(H,47,48)/b19-17-,20-18-/t39-,40+. The van der Waals surface area contributed by atoms with E-state index in [9.17, 15) is 29.3 Å². The number of rotatable bonds is 40. The van der Waals surface area contributed by atoms with Crippen molar-refractivity contribution in [3.63, 3.8) is 0 Å². The van der Waals surface area contributed by atoms with E-state index in [1.54, 1.807) is 0 Å². The van der Waals surface area contributed by atoms with Crippen LogP contribution in [0.1, 0.15) is 194 Å². The zero-order valence-electron chi connectivity index (χ0n) is 33.7. The Morgan fingerprint density at radius 1 is 0.491 bits per heavy atom. The molecule has 0 spiro atoms. The molecule has 0 bridgehead atoms. The monoisotopic (exact) mass is 775 g/mol. The zero-order valence-corrected chi connectivity index (χ0v) is 34.6. The number of hydrogen-bond donors (Lipinski definition) is 3. The van der Waals surface area contributed by atoms with Crippen LogP contribution in [0.5, 0.6) is 0 Å². The maximum atomic E-state index is 12.3. The molecule has 53 heavy (non-hydrogen) atoms. The van der Waals surface area contributed by atoms with Gasteiger partial charge in [-0.05, 0) is 64.2 Å². The van der Waals surface area contributed by atoms with E-state index in [1.165, 1.54) is 77.0 Å². The van der Waals surface area contributed by atoms with E-state index < -0.39 is 58.4 Å². The van der Waals surface area contributed by atoms with Gasteiger partial charge in [-0.1, -0.05) is 141 Å². The third-order valence-corrected chi connectivity index (χ3v) is 10.1. The highest BCUT2D eigenvalue weighted by atomic mass is 31.2. The average Bonchev–Trinajstić information content (AvgIpc) is 3.14. The Hall–Kier alpha value is -1.55. The number of phosphoric acid groups is 1. The number of phosphoric ester groups is 1. The maximum Gasteiger partial charge on any atom is 0.472 e. The van der Waals surface area contributed by atoms with E-state index in [-0.39, 0.29) is 12.8 Å². The Labute approximate surface area is 323 Å². The summed E-state index contributed by atoms with van der Waals surface area (Å²) < 4.78 is 32.5. The molecule has 0 amide bonds. The molecule has 0 rings (SSSR count). The van der Waals surface area contributed by atoms with Crippen molar-refractivity contribution in [3.8, 4) is 0 Å². The first kappa shape index (κ1) is 51.5. The van der Waals surface area contributed by atoms with Crippen LogP contribution in [0.15, 0.2) is 24.3 Å². The normalized spacial score (nSPS) is 14.1. The molecule has 0 aromatic heterocycles. The average molecular weight is 775 g/mol. The van der Waals surface area contributed by atoms with Gasteiger partial charge in [0.05, 0.1) is 26.4 Å². The highest BCUT2D eigenvalue weighted by Gasteiger charge is 2.27. The summed E-state index contributed by atoms with van der Waals surface area (Å²) in [4.78, 5) is 34.5. The topological polar surface area (TPSA) is 149 Å². The van der Waals surface area contributed by atoms with Gasteiger partial charge < -0.3 is 24.6 Å². The lowest BCUT2D eigenvalue weighted by Crippen LogP contribution is -2.28. The number of carbonyl (C=O) groups is 2. The molecule has 0 saturated heterocycles. The highest BCUT2D eigenvalue weighted by Crippen LogP contribution is 2.43. The Balaban J connectivity index is 3.95. The quantitative estimate of drug-likeness (QED) is 0.0238. The lowest BCUT2D eigenvalue weighted by atomic mass is 10.1. The molecule has 0 heterocycles. The molecule has 0 aliphatic rings. The molecule has 0 aliphatic heterocycles. The Kier molecular flexibility index (Phi) is 37.6. The van der Waals surface area contributed by atoms with Crippen LogP contribution in [0.2, 0.25) is 0 Å². The Bertz CT molecular complexity index is 871. The first-order valence-electron chi connectivity index (χ1n) is 21.3. The molecule has 10 nitrogen and oxygen atoms in total. The van der Waals surface area contributed by atoms with Gasteiger partial charge in [-0.25, -0.2) is 4.57 Å². The lowest BCUT2D eigenvalue weighted by Gasteiger charge is -2.20. The number of aliphatic hydroxyl groups is 2. The minimum absolute atomic E-state index is 0.183. The summed E-state index contributed by atoms with van der Waals surface area (Å²) in [5, 5.41) is 19.1. The molecule has 0 fully saturated rings. The fraction of sp³-hybridized carbons (Fsp3) is 0.857. The first-order chi connectivity index (χ1) is 25.8. The predicted molar refractivity (Wildman–Crippen MR) is 215 cm³/mol. The molecule has 0 aliphatic carbocycles. The van der Waals surface area contributed by atoms with E-state index in [1.807, 2.05) is 0 Å². The second-order valence-corrected chi connectivity index (χ2v) is 15.8. The van der Waals surface area contributed by atoms with Gasteiger partial charge in [0.1, 0.15) is 12.2 Å². The second kappa shape index (κ2) is 38.7. The van der Waals surface area contributed by atoms with Gasteiger partial charge in [-0.2, -0.15) is 0 Å². The molecule has 0 aromatic carbocycles. The third kappa shape index (κ3) is 37.2. The van der Waals surface area contributed by atoms with Crippen LogP contribution >= 0.6 is 7.82 Å². The summed E-state index contributed by atoms with van der Waals surface area (Å²) >= 11 is 0. The molecule has 312 valence electrons. The van der Waals surface area contributed by atoms with Crippen molar-refractivity contribution in [2.45, 2.75) is 206 Å². The molecule has 0 saturated carbocycles. The molecular formula is C42H79O10P. The summed E-state index contributed by atoms with van der Waals surface area (Å²) in [6.07, 6.45) is 37.2. The van der Waals surface area contributed by atoms with E-state index in [2.05, 4.69) is 38.2 Å². The second-order valence-electron chi connectivity index (χ2n) is 14.3. The largest absolute Gasteiger partial charge is 0.472 e. The van der Waals surface area contributed by atoms with Gasteiger partial charge in [0.15, 0.2) is 0 Å². The molecule has 0 radical (unpaired) electrons. The molecule has 3 atom stereocenters. The van der Waals surface area contributed by atoms with E-state index >= 15 is 0 Å². The maximum absolute atomic E-state index is 12.3. The van der Waals surface area contributed by atoms with Gasteiger partial charge in [0.25, 0.3) is 0 Å². The summed E-state index contributed by atoms with van der Waals surface area (Å²) in [6.45, 7) is 2.18. The van der Waals surface area contributed by atoms with Crippen molar-refractivity contribution in [1.82, 2.24) is 0 Å². The van der Waals surface area contributed by atoms with E-state index in [0.29, 0.717) is 12.8 Å². The van der Waals surface area contributed by atoms with Gasteiger partial charge >= 0.3 is 19.8 Å². The van der Waals surface area contributed by atoms with Crippen molar-refractivity contribution in [3.05, 3.63) is 24.3 Å². The Morgan fingerprint density at radius 3 is 1.08 bits per heavy atom. The Morgan fingerprint density at radius 2 is 0.774 bits per heavy atom. The number of unbranched alkanes of at least 4 members (excludes halogenated alkanes) is 22. The van der Waals surface area contributed by atoms with Crippen LogP contribution in [0.3, 0.4) is 0 Å². The van der Waals surface area contributed by atoms with Crippen LogP contribution in [-0.4, -0.2) is 65.7 Å². The third-order valence-electron chi connectivity index (χ3n) is 9.14. The molecular weight excluding hydrogens is 695 g/mol. The van der Waals surface area contributed by atoms with Gasteiger partial charge in [0.2, 0.25) is 0 Å². The number of ether oxygens (including phenoxy) is 2. The van der Waals surface area contributed by atoms with Gasteiger partial charge in [0, 0.05) is 12.8 Å². The highest BCUT2D eigenvalue weighted by molar-refractivity contribution is 7.47. The zero-order chi connectivity index (χ0) is 39.1. The minimum Gasteiger partial charge on any atom is -0.457 e. The van der Waals surface area contributed by atoms with E-state index in [0.717, 1.165) is 77.0 Å². The van der Waals surface area contributed by atoms with Crippen LogP contribution in [0, 0.1) is 0 Å². The van der Waals surface area contributed by atoms with Crippen molar-refractivity contribution in [2.24, 2.45) is 0 Å². The van der Waals surface area contributed by atoms with Crippen LogP contribution < -0.4 is 0 Å². The smallest absolute Gasteiger partial charge is 0.457 e. The van der Waals surface area contributed by atoms with Crippen molar-refractivity contribution >= 4 is 19.8 Å². The summed E-state index contributed by atoms with van der Waals surface area (Å²) in [5.41, 5.74) is 0. The molecule has 0 aromatic rings. The summed E-state index contributed by atoms with van der Waals surface area (Å²) in [7, 11) is -4.64. The van der Waals surface area contributed by atoms with Crippen LogP contribution in [-0.2, 0) is 32.7 Å². The first-order valence-corrected chi connectivity index (χ1v) is 22.8. The van der Waals surface area contributed by atoms with Crippen molar-refractivity contribution < 1.29 is 47.8 Å². The molecule has 1 unspecified atom stereocenters. The predicted octanol–water partition coefficient (Wildman–Crippen LogP) is 11.0. The molecule has 11 heteroatoms. The lowest BCUT2D eigenvalue weighted by molar-refractivity contribution is -0.153.